The van der Waals surface area contributed by atoms with Crippen LogP contribution in [-0.2, 0) is 0 Å². The smallest absolute Gasteiger partial charge is 0.295 e. The van der Waals surface area contributed by atoms with Crippen LogP contribution >= 0.6 is 0 Å². The van der Waals surface area contributed by atoms with Crippen LogP contribution in [0.3, 0.4) is 0 Å². The summed E-state index contributed by atoms with van der Waals surface area (Å²) in [4.78, 5) is 16.6. The maximum Gasteiger partial charge on any atom is 0.295 e. The number of carbonyl (C=O) groups excluding carboxylic acids is 1. The number of aromatic nitrogens is 3. The Balaban J connectivity index is 1.83. The molecule has 0 aliphatic heterocycles. The number of hydrogen-bond acceptors (Lipinski definition) is 4. The molecule has 3 aromatic rings. The molecule has 0 radical (unpaired) electrons. The lowest BCUT2D eigenvalue weighted by Crippen LogP contribution is -2.14. The van der Waals surface area contributed by atoms with Gasteiger partial charge in [-0.15, -0.1) is 5.10 Å². The molecule has 0 aliphatic rings. The molecule has 24 heavy (non-hydrogen) atoms. The quantitative estimate of drug-likeness (QED) is 0.801. The van der Waals surface area contributed by atoms with Crippen molar-refractivity contribution < 1.29 is 9.53 Å². The van der Waals surface area contributed by atoms with E-state index in [2.05, 4.69) is 15.4 Å². The molecule has 3 rings (SSSR count). The molecule has 2 aromatic carbocycles. The lowest BCUT2D eigenvalue weighted by atomic mass is 10.2. The molecular formula is C18H18N4O2. The van der Waals surface area contributed by atoms with Gasteiger partial charge in [-0.05, 0) is 49.7 Å². The second-order valence-electron chi connectivity index (χ2n) is 5.36. The van der Waals surface area contributed by atoms with Crippen LogP contribution in [0.1, 0.15) is 22.0 Å². The van der Waals surface area contributed by atoms with Crippen molar-refractivity contribution in [3.63, 3.8) is 0 Å². The summed E-state index contributed by atoms with van der Waals surface area (Å²) in [5.74, 6) is 1.16. The van der Waals surface area contributed by atoms with E-state index >= 15 is 0 Å². The summed E-state index contributed by atoms with van der Waals surface area (Å²) in [5, 5.41) is 7.12. The van der Waals surface area contributed by atoms with Gasteiger partial charge in [-0.1, -0.05) is 18.2 Å². The number of nitrogens with zero attached hydrogens (tertiary/aromatic N) is 3. The van der Waals surface area contributed by atoms with Crippen LogP contribution in [0.4, 0.5) is 5.69 Å². The Bertz CT molecular complexity index is 869. The maximum atomic E-state index is 12.4. The molecule has 0 saturated carbocycles. The third-order valence-corrected chi connectivity index (χ3v) is 3.66. The maximum absolute atomic E-state index is 12.4. The predicted molar refractivity (Wildman–Crippen MR) is 91.8 cm³/mol. The Hall–Kier alpha value is -3.15. The first-order chi connectivity index (χ1) is 11.6. The first-order valence-corrected chi connectivity index (χ1v) is 7.53. The van der Waals surface area contributed by atoms with Crippen molar-refractivity contribution in [3.8, 4) is 11.4 Å². The molecule has 0 aliphatic carbocycles. The average Bonchev–Trinajstić information content (AvgIpc) is 2.98. The Morgan fingerprint density at radius 3 is 2.46 bits per heavy atom. The number of carbonyl (C=O) groups is 1. The van der Waals surface area contributed by atoms with E-state index < -0.39 is 0 Å². The fraction of sp³-hybridized carbons (Fsp3) is 0.167. The molecule has 1 amide bonds. The van der Waals surface area contributed by atoms with Crippen molar-refractivity contribution in [2.24, 2.45) is 0 Å². The number of para-hydroxylation sites is 1. The van der Waals surface area contributed by atoms with Crippen LogP contribution in [-0.4, -0.2) is 27.8 Å². The van der Waals surface area contributed by atoms with Crippen molar-refractivity contribution in [1.29, 1.82) is 0 Å². The van der Waals surface area contributed by atoms with Crippen molar-refractivity contribution in [3.05, 3.63) is 65.7 Å². The molecule has 0 fully saturated rings. The van der Waals surface area contributed by atoms with E-state index in [1.54, 1.807) is 36.1 Å². The zero-order valence-corrected chi connectivity index (χ0v) is 13.8. The molecule has 1 N–H and O–H groups in total. The zero-order chi connectivity index (χ0) is 17.1. The van der Waals surface area contributed by atoms with Crippen molar-refractivity contribution in [1.82, 2.24) is 14.8 Å². The highest BCUT2D eigenvalue weighted by Crippen LogP contribution is 2.17. The number of aryl methyl sites for hydroxylation is 2. The number of amides is 1. The van der Waals surface area contributed by atoms with Crippen LogP contribution in [0.2, 0.25) is 0 Å². The predicted octanol–water partition coefficient (Wildman–Crippen LogP) is 3.15. The summed E-state index contributed by atoms with van der Waals surface area (Å²) in [6, 6.07) is 14.9. The lowest BCUT2D eigenvalue weighted by molar-refractivity contribution is 0.101. The molecule has 6 nitrogen and oxygen atoms in total. The minimum atomic E-state index is -0.351. The van der Waals surface area contributed by atoms with E-state index in [1.165, 1.54) is 0 Å². The molecule has 0 saturated heterocycles. The van der Waals surface area contributed by atoms with Gasteiger partial charge in [0.25, 0.3) is 5.91 Å². The summed E-state index contributed by atoms with van der Waals surface area (Å²) < 4.78 is 6.78. The van der Waals surface area contributed by atoms with E-state index in [0.717, 1.165) is 17.0 Å². The molecule has 1 heterocycles. The number of anilines is 1. The largest absolute Gasteiger partial charge is 0.497 e. The van der Waals surface area contributed by atoms with E-state index in [-0.39, 0.29) is 11.7 Å². The van der Waals surface area contributed by atoms with E-state index in [4.69, 9.17) is 4.74 Å². The van der Waals surface area contributed by atoms with Gasteiger partial charge in [0.2, 0.25) is 5.82 Å². The van der Waals surface area contributed by atoms with Gasteiger partial charge in [-0.3, -0.25) is 4.79 Å². The van der Waals surface area contributed by atoms with Crippen LogP contribution < -0.4 is 10.1 Å². The van der Waals surface area contributed by atoms with Gasteiger partial charge in [0.15, 0.2) is 0 Å². The van der Waals surface area contributed by atoms with E-state index in [9.17, 15) is 4.79 Å². The molecule has 0 atom stereocenters. The Kier molecular flexibility index (Phi) is 4.29. The van der Waals surface area contributed by atoms with Crippen LogP contribution in [0.15, 0.2) is 48.5 Å². The topological polar surface area (TPSA) is 69.0 Å². The summed E-state index contributed by atoms with van der Waals surface area (Å²) in [7, 11) is 1.60. The summed E-state index contributed by atoms with van der Waals surface area (Å²) in [5.41, 5.74) is 2.63. The minimum absolute atomic E-state index is 0.131. The second-order valence-corrected chi connectivity index (χ2v) is 5.36. The molecule has 1 aromatic heterocycles. The van der Waals surface area contributed by atoms with E-state index in [1.807, 2.05) is 38.1 Å². The fourth-order valence-corrected chi connectivity index (χ4v) is 2.38. The van der Waals surface area contributed by atoms with Gasteiger partial charge < -0.3 is 10.1 Å². The Labute approximate surface area is 140 Å². The Morgan fingerprint density at radius 2 is 1.79 bits per heavy atom. The second kappa shape index (κ2) is 6.54. The monoisotopic (exact) mass is 322 g/mol. The lowest BCUT2D eigenvalue weighted by Gasteiger charge is -2.06. The summed E-state index contributed by atoms with van der Waals surface area (Å²) in [6.45, 7) is 3.82. The number of ether oxygens (including phenoxy) is 1. The normalized spacial score (nSPS) is 10.5. The van der Waals surface area contributed by atoms with Crippen molar-refractivity contribution >= 4 is 11.6 Å². The van der Waals surface area contributed by atoms with Crippen molar-refractivity contribution in [2.45, 2.75) is 13.8 Å². The van der Waals surface area contributed by atoms with Gasteiger partial charge >= 0.3 is 0 Å². The van der Waals surface area contributed by atoms with Gasteiger partial charge in [-0.2, -0.15) is 0 Å². The summed E-state index contributed by atoms with van der Waals surface area (Å²) >= 11 is 0. The highest BCUT2D eigenvalue weighted by atomic mass is 16.5. The van der Waals surface area contributed by atoms with Gasteiger partial charge in [0.1, 0.15) is 11.6 Å². The van der Waals surface area contributed by atoms with Crippen LogP contribution in [0.25, 0.3) is 5.69 Å². The zero-order valence-electron chi connectivity index (χ0n) is 13.8. The number of hydrogen-bond donors (Lipinski definition) is 1. The molecule has 6 heteroatoms. The molecule has 0 spiro atoms. The first-order valence-electron chi connectivity index (χ1n) is 7.53. The van der Waals surface area contributed by atoms with Crippen LogP contribution in [0.5, 0.6) is 5.75 Å². The standard InChI is InChI=1S/C18H18N4O2/c1-12-6-4-5-7-16(12)22-13(2)19-17(21-22)18(23)20-14-8-10-15(24-3)11-9-14/h4-11H,1-3H3,(H,20,23). The Morgan fingerprint density at radius 1 is 1.08 bits per heavy atom. The SMILES string of the molecule is COc1ccc(NC(=O)c2nc(C)n(-c3ccccc3C)n2)cc1. The molecule has 0 bridgehead atoms. The van der Waals surface area contributed by atoms with E-state index in [0.29, 0.717) is 11.5 Å². The highest BCUT2D eigenvalue weighted by molar-refractivity contribution is 6.01. The fourth-order valence-electron chi connectivity index (χ4n) is 2.38. The van der Waals surface area contributed by atoms with Crippen LogP contribution in [0, 0.1) is 13.8 Å². The average molecular weight is 322 g/mol. The number of benzene rings is 2. The number of methoxy groups -OCH3 is 1. The molecular weight excluding hydrogens is 304 g/mol. The van der Waals surface area contributed by atoms with Gasteiger partial charge in [0.05, 0.1) is 12.8 Å². The van der Waals surface area contributed by atoms with Gasteiger partial charge in [0, 0.05) is 5.69 Å². The van der Waals surface area contributed by atoms with Crippen molar-refractivity contribution in [2.75, 3.05) is 12.4 Å². The first kappa shape index (κ1) is 15.7. The third kappa shape index (κ3) is 3.12. The molecule has 0 unspecified atom stereocenters. The summed E-state index contributed by atoms with van der Waals surface area (Å²) in [6.07, 6.45) is 0. The van der Waals surface area contributed by atoms with Gasteiger partial charge in [-0.25, -0.2) is 9.67 Å². The molecule has 122 valence electrons. The third-order valence-electron chi connectivity index (χ3n) is 3.66. The highest BCUT2D eigenvalue weighted by Gasteiger charge is 2.16. The number of nitrogens with one attached hydrogen (secondary N) is 1. The number of rotatable bonds is 4. The minimum Gasteiger partial charge on any atom is -0.497 e.